The second-order valence-electron chi connectivity index (χ2n) is 7.09. The second kappa shape index (κ2) is 9.15. The number of nitrogens with one attached hydrogen (secondary N) is 1. The fourth-order valence-electron chi connectivity index (χ4n) is 4.14. The average molecular weight is 355 g/mol. The van der Waals surface area contributed by atoms with Crippen LogP contribution in [-0.4, -0.2) is 64.2 Å². The van der Waals surface area contributed by atoms with Crippen molar-refractivity contribution in [1.29, 1.82) is 0 Å². The molecule has 1 amide bonds. The molecule has 5 N–H and O–H groups in total. The van der Waals surface area contributed by atoms with Crippen molar-refractivity contribution in [3.05, 3.63) is 0 Å². The summed E-state index contributed by atoms with van der Waals surface area (Å²) in [4.78, 5) is 37.1. The Morgan fingerprint density at radius 2 is 1.96 bits per heavy atom. The predicted octanol–water partition coefficient (Wildman–Crippen LogP) is 0.403. The van der Waals surface area contributed by atoms with E-state index in [1.807, 2.05) is 0 Å². The molecule has 0 aromatic heterocycles. The first kappa shape index (κ1) is 19.7. The lowest BCUT2D eigenvalue weighted by atomic mass is 9.97. The Bertz CT molecular complexity index is 499. The van der Waals surface area contributed by atoms with Gasteiger partial charge in [0.2, 0.25) is 5.91 Å². The van der Waals surface area contributed by atoms with Crippen molar-refractivity contribution in [2.24, 2.45) is 11.7 Å². The summed E-state index contributed by atoms with van der Waals surface area (Å²) in [7, 11) is 0. The molecule has 2 fully saturated rings. The van der Waals surface area contributed by atoms with Crippen LogP contribution >= 0.6 is 0 Å². The number of carbonyl (C=O) groups is 3. The van der Waals surface area contributed by atoms with Gasteiger partial charge < -0.3 is 20.8 Å². The molecule has 1 unspecified atom stereocenters. The summed E-state index contributed by atoms with van der Waals surface area (Å²) >= 11 is 0. The van der Waals surface area contributed by atoms with Crippen LogP contribution < -0.4 is 11.1 Å². The van der Waals surface area contributed by atoms with Gasteiger partial charge in [-0.1, -0.05) is 12.8 Å². The smallest absolute Gasteiger partial charge is 0.323 e. The van der Waals surface area contributed by atoms with E-state index in [-0.39, 0.29) is 18.5 Å². The highest BCUT2D eigenvalue weighted by atomic mass is 16.4. The van der Waals surface area contributed by atoms with Gasteiger partial charge in [0.25, 0.3) is 0 Å². The number of nitrogens with zero attached hydrogens (tertiary/aromatic N) is 1. The highest BCUT2D eigenvalue weighted by Crippen LogP contribution is 2.36. The van der Waals surface area contributed by atoms with E-state index in [2.05, 4.69) is 5.32 Å². The number of rotatable bonds is 9. The van der Waals surface area contributed by atoms with E-state index in [1.165, 1.54) is 4.90 Å². The Morgan fingerprint density at radius 3 is 2.60 bits per heavy atom. The zero-order valence-corrected chi connectivity index (χ0v) is 14.5. The van der Waals surface area contributed by atoms with Gasteiger partial charge in [0.05, 0.1) is 6.04 Å². The van der Waals surface area contributed by atoms with E-state index < -0.39 is 24.0 Å². The van der Waals surface area contributed by atoms with Gasteiger partial charge in [-0.15, -0.1) is 0 Å². The Kier molecular flexibility index (Phi) is 7.19. The summed E-state index contributed by atoms with van der Waals surface area (Å²) in [6.07, 6.45) is 6.02. The van der Waals surface area contributed by atoms with Crippen molar-refractivity contribution >= 4 is 17.8 Å². The lowest BCUT2D eigenvalue weighted by molar-refractivity contribution is -0.148. The van der Waals surface area contributed by atoms with Gasteiger partial charge in [0.15, 0.2) is 0 Å². The molecule has 2 rings (SSSR count). The van der Waals surface area contributed by atoms with Crippen LogP contribution in [0.5, 0.6) is 0 Å². The minimum atomic E-state index is -1.03. The Labute approximate surface area is 147 Å². The van der Waals surface area contributed by atoms with Crippen LogP contribution in [0.3, 0.4) is 0 Å². The average Bonchev–Trinajstić information content (AvgIpc) is 2.98. The number of nitrogens with two attached hydrogens (primary N) is 1. The van der Waals surface area contributed by atoms with E-state index >= 15 is 0 Å². The third kappa shape index (κ3) is 5.15. The fraction of sp³-hybridized carbons (Fsp3) is 0.824. The summed E-state index contributed by atoms with van der Waals surface area (Å²) in [6.45, 7) is 0.188. The first-order valence-electron chi connectivity index (χ1n) is 9.15. The molecule has 0 aromatic rings. The Morgan fingerprint density at radius 1 is 1.20 bits per heavy atom. The van der Waals surface area contributed by atoms with Crippen molar-refractivity contribution < 1.29 is 24.6 Å². The van der Waals surface area contributed by atoms with Crippen molar-refractivity contribution in [1.82, 2.24) is 10.2 Å². The summed E-state index contributed by atoms with van der Waals surface area (Å²) in [5.41, 5.74) is 5.45. The third-order valence-corrected chi connectivity index (χ3v) is 5.38. The molecule has 0 spiro atoms. The number of hydrogen-bond acceptors (Lipinski definition) is 5. The summed E-state index contributed by atoms with van der Waals surface area (Å²) < 4.78 is 0. The van der Waals surface area contributed by atoms with Crippen molar-refractivity contribution in [2.45, 2.75) is 69.5 Å². The predicted molar refractivity (Wildman–Crippen MR) is 91.0 cm³/mol. The third-order valence-electron chi connectivity index (χ3n) is 5.38. The van der Waals surface area contributed by atoms with Gasteiger partial charge in [-0.05, 0) is 51.0 Å². The minimum Gasteiger partial charge on any atom is -0.480 e. The molecule has 1 saturated carbocycles. The molecule has 8 nitrogen and oxygen atoms in total. The van der Waals surface area contributed by atoms with Gasteiger partial charge in [0.1, 0.15) is 12.6 Å². The summed E-state index contributed by atoms with van der Waals surface area (Å²) in [6, 6.07) is -1.48. The van der Waals surface area contributed by atoms with Gasteiger partial charge in [0, 0.05) is 6.04 Å². The van der Waals surface area contributed by atoms with Crippen LogP contribution in [0.4, 0.5) is 0 Å². The second-order valence-corrected chi connectivity index (χ2v) is 7.09. The first-order valence-corrected chi connectivity index (χ1v) is 9.15. The molecule has 0 radical (unpaired) electrons. The molecule has 1 aliphatic carbocycles. The lowest BCUT2D eigenvalue weighted by Crippen LogP contribution is -2.54. The van der Waals surface area contributed by atoms with Gasteiger partial charge in [-0.25, -0.2) is 0 Å². The number of hydrogen-bond donors (Lipinski definition) is 4. The van der Waals surface area contributed by atoms with Crippen LogP contribution in [0, 0.1) is 5.92 Å². The lowest BCUT2D eigenvalue weighted by Gasteiger charge is -2.31. The molecule has 0 bridgehead atoms. The van der Waals surface area contributed by atoms with Gasteiger partial charge in [-0.2, -0.15) is 0 Å². The monoisotopic (exact) mass is 355 g/mol. The van der Waals surface area contributed by atoms with Gasteiger partial charge >= 0.3 is 11.9 Å². The Hall–Kier alpha value is -1.67. The van der Waals surface area contributed by atoms with Crippen LogP contribution in [0.25, 0.3) is 0 Å². The first-order chi connectivity index (χ1) is 11.9. The molecule has 4 atom stereocenters. The van der Waals surface area contributed by atoms with Crippen LogP contribution in [-0.2, 0) is 14.4 Å². The number of unbranched alkanes of at least 4 members (excludes halogenated alkanes) is 1. The van der Waals surface area contributed by atoms with Crippen LogP contribution in [0.2, 0.25) is 0 Å². The number of carboxylic acid groups (broad SMARTS) is 2. The number of amides is 1. The fourth-order valence-corrected chi connectivity index (χ4v) is 4.14. The highest BCUT2D eigenvalue weighted by Gasteiger charge is 2.42. The molecular weight excluding hydrogens is 326 g/mol. The van der Waals surface area contributed by atoms with E-state index in [9.17, 15) is 24.6 Å². The van der Waals surface area contributed by atoms with Crippen molar-refractivity contribution in [2.75, 3.05) is 13.1 Å². The largest absolute Gasteiger partial charge is 0.480 e. The number of aliphatic carboxylic acids is 2. The number of carbonyl (C=O) groups excluding carboxylic acids is 1. The summed E-state index contributed by atoms with van der Waals surface area (Å²) in [5, 5.41) is 21.6. The molecule has 0 aromatic carbocycles. The molecule has 1 saturated heterocycles. The topological polar surface area (TPSA) is 133 Å². The molecule has 25 heavy (non-hydrogen) atoms. The molecule has 142 valence electrons. The van der Waals surface area contributed by atoms with Gasteiger partial charge in [-0.3, -0.25) is 19.7 Å². The zero-order chi connectivity index (χ0) is 18.4. The van der Waals surface area contributed by atoms with E-state index in [0.717, 1.165) is 32.1 Å². The van der Waals surface area contributed by atoms with Crippen LogP contribution in [0.15, 0.2) is 0 Å². The van der Waals surface area contributed by atoms with E-state index in [0.29, 0.717) is 31.7 Å². The van der Waals surface area contributed by atoms with Crippen molar-refractivity contribution in [3.8, 4) is 0 Å². The quantitative estimate of drug-likeness (QED) is 0.440. The number of likely N-dealkylation sites (tertiary alicyclic amines) is 1. The minimum absolute atomic E-state index is 0.0316. The van der Waals surface area contributed by atoms with E-state index in [1.54, 1.807) is 0 Å². The summed E-state index contributed by atoms with van der Waals surface area (Å²) in [5.74, 6) is -1.98. The maximum atomic E-state index is 12.9. The van der Waals surface area contributed by atoms with Crippen molar-refractivity contribution in [3.63, 3.8) is 0 Å². The molecule has 2 aliphatic rings. The number of fused-ring (bicyclic) bond motifs is 1. The van der Waals surface area contributed by atoms with E-state index in [4.69, 9.17) is 5.73 Å². The molecule has 1 aliphatic heterocycles. The SMILES string of the molecule is NCCCC[C@H](N[C@H]1CCC2CCC[C@@H]2N(CC(=O)O)C1=O)C(=O)O. The maximum Gasteiger partial charge on any atom is 0.323 e. The normalized spacial score (nSPS) is 27.6. The maximum absolute atomic E-state index is 12.9. The molecule has 1 heterocycles. The standard InChI is InChI=1S/C17H29N3O5/c18-9-2-1-5-13(17(24)25)19-12-8-7-11-4-3-6-14(11)20(16(12)23)10-15(21)22/h11-14,19H,1-10,18H2,(H,21,22)(H,24,25)/t11?,12-,13-,14-/m0/s1. The molecule has 8 heteroatoms. The van der Waals surface area contributed by atoms with Crippen LogP contribution in [0.1, 0.15) is 51.4 Å². The molecular formula is C17H29N3O5. The number of carboxylic acids is 2. The highest BCUT2D eigenvalue weighted by molar-refractivity contribution is 5.86. The zero-order valence-electron chi connectivity index (χ0n) is 14.5. The Balaban J connectivity index is 2.09.